The van der Waals surface area contributed by atoms with Gasteiger partial charge in [-0.3, -0.25) is 0 Å². The zero-order valence-electron chi connectivity index (χ0n) is 9.14. The Labute approximate surface area is 92.5 Å². The Morgan fingerprint density at radius 2 is 1.94 bits per heavy atom. The van der Waals surface area contributed by atoms with Crippen molar-refractivity contribution >= 4 is 6.08 Å². The molecule has 0 amide bonds. The Morgan fingerprint density at radius 1 is 1.31 bits per heavy atom. The van der Waals surface area contributed by atoms with Crippen molar-refractivity contribution in [1.29, 1.82) is 0 Å². The van der Waals surface area contributed by atoms with E-state index in [1.54, 1.807) is 13.8 Å². The largest absolute Gasteiger partial charge is 0.490 e. The smallest absolute Gasteiger partial charge is 0.416 e. The molecule has 0 spiro atoms. The fraction of sp³-hybridized carbons (Fsp3) is 0.333. The normalized spacial score (nSPS) is 11.6. The van der Waals surface area contributed by atoms with Gasteiger partial charge in [0.15, 0.2) is 0 Å². The molecule has 0 heterocycles. The van der Waals surface area contributed by atoms with Gasteiger partial charge in [-0.15, -0.1) is 0 Å². The third-order valence-corrected chi connectivity index (χ3v) is 1.92. The van der Waals surface area contributed by atoms with Crippen LogP contribution in [0.3, 0.4) is 0 Å². The molecular formula is C12H13F3O. The van der Waals surface area contributed by atoms with Gasteiger partial charge in [0.1, 0.15) is 5.75 Å². The van der Waals surface area contributed by atoms with Gasteiger partial charge < -0.3 is 4.74 Å². The topological polar surface area (TPSA) is 9.23 Å². The second-order valence-electron chi connectivity index (χ2n) is 3.62. The highest BCUT2D eigenvalue weighted by Gasteiger charge is 2.31. The molecule has 0 radical (unpaired) electrons. The van der Waals surface area contributed by atoms with Gasteiger partial charge in [-0.2, -0.15) is 13.2 Å². The SMILES string of the molecule is C=Cc1ccc(C(F)(F)F)cc1OC(C)C. The van der Waals surface area contributed by atoms with Crippen LogP contribution in [0.25, 0.3) is 6.08 Å². The van der Waals surface area contributed by atoms with Crippen LogP contribution in [0.15, 0.2) is 24.8 Å². The minimum atomic E-state index is -4.35. The van der Waals surface area contributed by atoms with E-state index < -0.39 is 11.7 Å². The van der Waals surface area contributed by atoms with Crippen LogP contribution in [0.5, 0.6) is 5.75 Å². The lowest BCUT2D eigenvalue weighted by Gasteiger charge is -2.15. The van der Waals surface area contributed by atoms with E-state index >= 15 is 0 Å². The number of halogens is 3. The fourth-order valence-electron chi connectivity index (χ4n) is 1.24. The van der Waals surface area contributed by atoms with Crippen LogP contribution in [0.1, 0.15) is 25.0 Å². The summed E-state index contributed by atoms with van der Waals surface area (Å²) in [6.45, 7) is 7.04. The second-order valence-corrected chi connectivity index (χ2v) is 3.62. The van der Waals surface area contributed by atoms with E-state index in [0.29, 0.717) is 5.56 Å². The Hall–Kier alpha value is -1.45. The molecule has 0 saturated heterocycles. The summed E-state index contributed by atoms with van der Waals surface area (Å²) >= 11 is 0. The maximum Gasteiger partial charge on any atom is 0.416 e. The molecule has 0 unspecified atom stereocenters. The van der Waals surface area contributed by atoms with Crippen LogP contribution in [0.2, 0.25) is 0 Å². The van der Waals surface area contributed by atoms with Gasteiger partial charge in [0.05, 0.1) is 11.7 Å². The van der Waals surface area contributed by atoms with Gasteiger partial charge in [-0.25, -0.2) is 0 Å². The number of hydrogen-bond acceptors (Lipinski definition) is 1. The van der Waals surface area contributed by atoms with E-state index in [-0.39, 0.29) is 11.9 Å². The van der Waals surface area contributed by atoms with Crippen LogP contribution in [0.4, 0.5) is 13.2 Å². The van der Waals surface area contributed by atoms with Crippen molar-refractivity contribution in [2.45, 2.75) is 26.1 Å². The Kier molecular flexibility index (Phi) is 3.62. The van der Waals surface area contributed by atoms with Crippen LogP contribution >= 0.6 is 0 Å². The first kappa shape index (κ1) is 12.6. The molecule has 0 aliphatic carbocycles. The molecule has 0 aromatic heterocycles. The zero-order valence-corrected chi connectivity index (χ0v) is 9.14. The summed E-state index contributed by atoms with van der Waals surface area (Å²) in [5, 5.41) is 0. The Balaban J connectivity index is 3.16. The summed E-state index contributed by atoms with van der Waals surface area (Å²) in [5.74, 6) is 0.208. The highest BCUT2D eigenvalue weighted by molar-refractivity contribution is 5.57. The summed E-state index contributed by atoms with van der Waals surface area (Å²) in [6.07, 6.45) is -3.06. The first-order valence-corrected chi connectivity index (χ1v) is 4.85. The number of hydrogen-bond donors (Lipinski definition) is 0. The monoisotopic (exact) mass is 230 g/mol. The minimum Gasteiger partial charge on any atom is -0.490 e. The third kappa shape index (κ3) is 3.02. The molecule has 0 fully saturated rings. The van der Waals surface area contributed by atoms with E-state index in [1.165, 1.54) is 12.1 Å². The lowest BCUT2D eigenvalue weighted by atomic mass is 10.1. The van der Waals surface area contributed by atoms with Crippen LogP contribution < -0.4 is 4.74 Å². The molecular weight excluding hydrogens is 217 g/mol. The number of alkyl halides is 3. The van der Waals surface area contributed by atoms with Crippen LogP contribution in [0, 0.1) is 0 Å². The number of ether oxygens (including phenoxy) is 1. The third-order valence-electron chi connectivity index (χ3n) is 1.92. The molecule has 0 N–H and O–H groups in total. The van der Waals surface area contributed by atoms with E-state index in [9.17, 15) is 13.2 Å². The molecule has 1 rings (SSSR count). The summed E-state index contributed by atoms with van der Waals surface area (Å²) < 4.78 is 42.7. The predicted octanol–water partition coefficient (Wildman–Crippen LogP) is 4.14. The van der Waals surface area contributed by atoms with Gasteiger partial charge in [-0.05, 0) is 26.0 Å². The highest BCUT2D eigenvalue weighted by atomic mass is 19.4. The van der Waals surface area contributed by atoms with E-state index in [4.69, 9.17) is 4.74 Å². The Bertz CT molecular complexity index is 380. The van der Waals surface area contributed by atoms with Crippen molar-refractivity contribution in [2.24, 2.45) is 0 Å². The zero-order chi connectivity index (χ0) is 12.3. The lowest BCUT2D eigenvalue weighted by molar-refractivity contribution is -0.137. The summed E-state index contributed by atoms with van der Waals surface area (Å²) in [5.41, 5.74) is -0.157. The molecule has 16 heavy (non-hydrogen) atoms. The average Bonchev–Trinajstić information content (AvgIpc) is 2.15. The lowest BCUT2D eigenvalue weighted by Crippen LogP contribution is -2.09. The first-order valence-electron chi connectivity index (χ1n) is 4.85. The molecule has 0 aliphatic rings. The summed E-state index contributed by atoms with van der Waals surface area (Å²) in [4.78, 5) is 0. The number of benzene rings is 1. The quantitative estimate of drug-likeness (QED) is 0.758. The highest BCUT2D eigenvalue weighted by Crippen LogP contribution is 2.33. The van der Waals surface area contributed by atoms with Crippen molar-refractivity contribution in [3.05, 3.63) is 35.9 Å². The Morgan fingerprint density at radius 3 is 2.38 bits per heavy atom. The van der Waals surface area contributed by atoms with Crippen LogP contribution in [-0.4, -0.2) is 6.10 Å². The maximum absolute atomic E-state index is 12.5. The molecule has 88 valence electrons. The van der Waals surface area contributed by atoms with Crippen molar-refractivity contribution in [1.82, 2.24) is 0 Å². The van der Waals surface area contributed by atoms with Crippen molar-refractivity contribution < 1.29 is 17.9 Å². The van der Waals surface area contributed by atoms with Gasteiger partial charge in [-0.1, -0.05) is 18.7 Å². The van der Waals surface area contributed by atoms with Gasteiger partial charge in [0.2, 0.25) is 0 Å². The van der Waals surface area contributed by atoms with Crippen LogP contribution in [-0.2, 0) is 6.18 Å². The maximum atomic E-state index is 12.5. The summed E-state index contributed by atoms with van der Waals surface area (Å²) in [7, 11) is 0. The molecule has 1 nitrogen and oxygen atoms in total. The van der Waals surface area contributed by atoms with Crippen molar-refractivity contribution in [3.8, 4) is 5.75 Å². The molecule has 4 heteroatoms. The minimum absolute atomic E-state index is 0.179. The fourth-order valence-corrected chi connectivity index (χ4v) is 1.24. The molecule has 0 atom stereocenters. The predicted molar refractivity (Wildman–Crippen MR) is 57.3 cm³/mol. The molecule has 1 aromatic carbocycles. The molecule has 0 bridgehead atoms. The van der Waals surface area contributed by atoms with Gasteiger partial charge in [0.25, 0.3) is 0 Å². The standard InChI is InChI=1S/C12H13F3O/c1-4-9-5-6-10(12(13,14)15)7-11(9)16-8(2)3/h4-8H,1H2,2-3H3. The summed E-state index contributed by atoms with van der Waals surface area (Å²) in [6, 6.07) is 3.37. The van der Waals surface area contributed by atoms with Gasteiger partial charge in [0, 0.05) is 5.56 Å². The van der Waals surface area contributed by atoms with E-state index in [1.807, 2.05) is 0 Å². The van der Waals surface area contributed by atoms with Crippen molar-refractivity contribution in [2.75, 3.05) is 0 Å². The average molecular weight is 230 g/mol. The molecule has 0 saturated carbocycles. The molecule has 1 aromatic rings. The first-order chi connectivity index (χ1) is 7.34. The van der Waals surface area contributed by atoms with E-state index in [0.717, 1.165) is 12.1 Å². The van der Waals surface area contributed by atoms with Crippen molar-refractivity contribution in [3.63, 3.8) is 0 Å². The van der Waals surface area contributed by atoms with Gasteiger partial charge >= 0.3 is 6.18 Å². The number of rotatable bonds is 3. The van der Waals surface area contributed by atoms with E-state index in [2.05, 4.69) is 6.58 Å². The molecule has 0 aliphatic heterocycles. The second kappa shape index (κ2) is 4.60.